The van der Waals surface area contributed by atoms with Crippen molar-refractivity contribution < 1.29 is 14.3 Å². The van der Waals surface area contributed by atoms with E-state index in [4.69, 9.17) is 9.47 Å². The molecule has 5 nitrogen and oxygen atoms in total. The van der Waals surface area contributed by atoms with Crippen LogP contribution in [0.3, 0.4) is 0 Å². The fourth-order valence-corrected chi connectivity index (χ4v) is 2.45. The first-order valence-electron chi connectivity index (χ1n) is 7.99. The fourth-order valence-electron chi connectivity index (χ4n) is 2.45. The third-order valence-corrected chi connectivity index (χ3v) is 3.58. The molecule has 0 radical (unpaired) electrons. The third-order valence-electron chi connectivity index (χ3n) is 3.58. The van der Waals surface area contributed by atoms with Gasteiger partial charge < -0.3 is 14.4 Å². The van der Waals surface area contributed by atoms with Crippen LogP contribution in [0.5, 0.6) is 0 Å². The van der Waals surface area contributed by atoms with Gasteiger partial charge in [-0.15, -0.1) is 0 Å². The van der Waals surface area contributed by atoms with Crippen molar-refractivity contribution in [3.8, 4) is 0 Å². The Labute approximate surface area is 130 Å². The number of rotatable bonds is 11. The number of hydrogen-bond acceptors (Lipinski definition) is 5. The summed E-state index contributed by atoms with van der Waals surface area (Å²) in [7, 11) is 2.06. The Kier molecular flexibility index (Phi) is 9.83. The van der Waals surface area contributed by atoms with Gasteiger partial charge >= 0.3 is 5.97 Å². The van der Waals surface area contributed by atoms with Gasteiger partial charge in [0.25, 0.3) is 0 Å². The molecule has 0 aromatic heterocycles. The van der Waals surface area contributed by atoms with Crippen LogP contribution in [0.25, 0.3) is 0 Å². The summed E-state index contributed by atoms with van der Waals surface area (Å²) in [6.07, 6.45) is 0.701. The summed E-state index contributed by atoms with van der Waals surface area (Å²) in [5, 5.41) is 3.36. The molecule has 0 heterocycles. The maximum atomic E-state index is 12.3. The van der Waals surface area contributed by atoms with Crippen LogP contribution in [0, 0.1) is 0 Å². The van der Waals surface area contributed by atoms with E-state index in [-0.39, 0.29) is 18.1 Å². The van der Waals surface area contributed by atoms with Gasteiger partial charge in [0, 0.05) is 25.2 Å². The van der Waals surface area contributed by atoms with Gasteiger partial charge in [0.15, 0.2) is 0 Å². The Hall–Kier alpha value is -0.650. The van der Waals surface area contributed by atoms with E-state index < -0.39 is 5.54 Å². The van der Waals surface area contributed by atoms with Crippen molar-refractivity contribution in [3.63, 3.8) is 0 Å². The van der Waals surface area contributed by atoms with Gasteiger partial charge in [-0.25, -0.2) is 0 Å². The topological polar surface area (TPSA) is 50.8 Å². The number of nitrogens with one attached hydrogen (secondary N) is 1. The predicted molar refractivity (Wildman–Crippen MR) is 86.5 cm³/mol. The van der Waals surface area contributed by atoms with Crippen LogP contribution in [-0.4, -0.2) is 61.9 Å². The summed E-state index contributed by atoms with van der Waals surface area (Å²) in [5.74, 6) is -0.177. The number of ether oxygens (including phenoxy) is 2. The Bertz CT molecular complexity index is 297. The number of hydrogen-bond donors (Lipinski definition) is 1. The zero-order chi connectivity index (χ0) is 16.5. The van der Waals surface area contributed by atoms with Crippen molar-refractivity contribution in [1.82, 2.24) is 10.2 Å². The molecule has 1 N–H and O–H groups in total. The van der Waals surface area contributed by atoms with Gasteiger partial charge in [-0.3, -0.25) is 10.1 Å². The lowest BCUT2D eigenvalue weighted by molar-refractivity contribution is -0.151. The van der Waals surface area contributed by atoms with E-state index in [0.29, 0.717) is 19.6 Å². The maximum absolute atomic E-state index is 12.3. The third kappa shape index (κ3) is 7.79. The van der Waals surface area contributed by atoms with Crippen LogP contribution in [0.2, 0.25) is 0 Å². The highest BCUT2D eigenvalue weighted by atomic mass is 16.5. The Morgan fingerprint density at radius 2 is 1.86 bits per heavy atom. The van der Waals surface area contributed by atoms with Crippen molar-refractivity contribution in [3.05, 3.63) is 0 Å². The number of nitrogens with zero attached hydrogens (tertiary/aromatic N) is 1. The van der Waals surface area contributed by atoms with Gasteiger partial charge in [-0.05, 0) is 55.0 Å². The molecule has 0 amide bonds. The van der Waals surface area contributed by atoms with Crippen molar-refractivity contribution in [2.24, 2.45) is 0 Å². The molecule has 21 heavy (non-hydrogen) atoms. The summed E-state index contributed by atoms with van der Waals surface area (Å²) in [6, 6.07) is 0.478. The molecular weight excluding hydrogens is 268 g/mol. The quantitative estimate of drug-likeness (QED) is 0.468. The zero-order valence-electron chi connectivity index (χ0n) is 14.9. The summed E-state index contributed by atoms with van der Waals surface area (Å²) >= 11 is 0. The highest BCUT2D eigenvalue weighted by Gasteiger charge is 2.37. The minimum Gasteiger partial charge on any atom is -0.465 e. The van der Waals surface area contributed by atoms with Crippen LogP contribution >= 0.6 is 0 Å². The molecular formula is C16H34N2O3. The fraction of sp³-hybridized carbons (Fsp3) is 0.938. The number of carbonyl (C=O) groups is 1. The minimum absolute atomic E-state index is 0.177. The Morgan fingerprint density at radius 3 is 2.33 bits per heavy atom. The van der Waals surface area contributed by atoms with Crippen molar-refractivity contribution in [1.29, 1.82) is 0 Å². The number of esters is 1. The van der Waals surface area contributed by atoms with E-state index in [1.807, 2.05) is 34.6 Å². The highest BCUT2D eigenvalue weighted by molar-refractivity contribution is 5.80. The lowest BCUT2D eigenvalue weighted by Gasteiger charge is -2.36. The summed E-state index contributed by atoms with van der Waals surface area (Å²) in [5.41, 5.74) is -0.663. The molecule has 2 unspecified atom stereocenters. The smallest absolute Gasteiger partial charge is 0.326 e. The van der Waals surface area contributed by atoms with Gasteiger partial charge in [0.05, 0.1) is 13.2 Å². The van der Waals surface area contributed by atoms with Gasteiger partial charge in [-0.1, -0.05) is 0 Å². The molecule has 0 saturated carbocycles. The van der Waals surface area contributed by atoms with E-state index >= 15 is 0 Å². The average Bonchev–Trinajstić information content (AvgIpc) is 2.38. The highest BCUT2D eigenvalue weighted by Crippen LogP contribution is 2.18. The van der Waals surface area contributed by atoms with E-state index in [2.05, 4.69) is 24.2 Å². The lowest BCUT2D eigenvalue weighted by atomic mass is 9.92. The number of likely N-dealkylation sites (N-methyl/N-ethyl adjacent to an activating group) is 1. The second-order valence-corrected chi connectivity index (χ2v) is 6.08. The van der Waals surface area contributed by atoms with Crippen LogP contribution in [-0.2, 0) is 14.3 Å². The Morgan fingerprint density at radius 1 is 1.24 bits per heavy atom. The van der Waals surface area contributed by atoms with Crippen LogP contribution < -0.4 is 5.32 Å². The van der Waals surface area contributed by atoms with E-state index in [0.717, 1.165) is 13.2 Å². The summed E-state index contributed by atoms with van der Waals surface area (Å²) < 4.78 is 10.6. The average molecular weight is 302 g/mol. The molecule has 5 heteroatoms. The SMILES string of the molecule is CCOCCN(C)C(C)CC(C)(NC(C)C)C(=O)OCC. The minimum atomic E-state index is -0.663. The maximum Gasteiger partial charge on any atom is 0.326 e. The molecule has 126 valence electrons. The molecule has 0 aliphatic rings. The van der Waals surface area contributed by atoms with Crippen molar-refractivity contribution in [2.75, 3.05) is 33.4 Å². The van der Waals surface area contributed by atoms with Crippen molar-refractivity contribution >= 4 is 5.97 Å². The van der Waals surface area contributed by atoms with Crippen LogP contribution in [0.1, 0.15) is 48.0 Å². The lowest BCUT2D eigenvalue weighted by Crippen LogP contribution is -2.56. The molecule has 0 spiro atoms. The Balaban J connectivity index is 4.67. The van der Waals surface area contributed by atoms with Gasteiger partial charge in [-0.2, -0.15) is 0 Å². The largest absolute Gasteiger partial charge is 0.465 e. The molecule has 0 aliphatic heterocycles. The second-order valence-electron chi connectivity index (χ2n) is 6.08. The molecule has 0 rings (SSSR count). The van der Waals surface area contributed by atoms with Crippen LogP contribution in [0.4, 0.5) is 0 Å². The molecule has 2 atom stereocenters. The molecule has 0 aromatic carbocycles. The summed E-state index contributed by atoms with van der Waals surface area (Å²) in [4.78, 5) is 14.5. The molecule has 0 aromatic rings. The van der Waals surface area contributed by atoms with E-state index in [1.54, 1.807) is 0 Å². The zero-order valence-corrected chi connectivity index (χ0v) is 14.9. The number of carbonyl (C=O) groups excluding carboxylic acids is 1. The second kappa shape index (κ2) is 10.1. The normalized spacial score (nSPS) is 16.0. The molecule has 0 saturated heterocycles. The first-order valence-corrected chi connectivity index (χ1v) is 7.99. The monoisotopic (exact) mass is 302 g/mol. The summed E-state index contributed by atoms with van der Waals surface area (Å²) in [6.45, 7) is 14.7. The first-order chi connectivity index (χ1) is 9.76. The first kappa shape index (κ1) is 20.3. The predicted octanol–water partition coefficient (Wildman–Crippen LogP) is 2.05. The van der Waals surface area contributed by atoms with Crippen LogP contribution in [0.15, 0.2) is 0 Å². The molecule has 0 fully saturated rings. The standard InChI is InChI=1S/C16H34N2O3/c1-8-20-11-10-18(7)14(5)12-16(6,17-13(3)4)15(19)21-9-2/h13-14,17H,8-12H2,1-7H3. The van der Waals surface area contributed by atoms with Gasteiger partial charge in [0.2, 0.25) is 0 Å². The van der Waals surface area contributed by atoms with Gasteiger partial charge in [0.1, 0.15) is 5.54 Å². The molecule has 0 aliphatic carbocycles. The van der Waals surface area contributed by atoms with E-state index in [9.17, 15) is 4.79 Å². The van der Waals surface area contributed by atoms with E-state index in [1.165, 1.54) is 0 Å². The molecule has 0 bridgehead atoms. The van der Waals surface area contributed by atoms with Crippen molar-refractivity contribution in [2.45, 2.75) is 65.6 Å².